The topological polar surface area (TPSA) is 105 Å². The molecule has 7 nitrogen and oxygen atoms in total. The van der Waals surface area contributed by atoms with E-state index in [1.165, 1.54) is 18.3 Å². The number of anilines is 1. The smallest absolute Gasteiger partial charge is 0.337 e. The first-order valence-corrected chi connectivity index (χ1v) is 6.71. The summed E-state index contributed by atoms with van der Waals surface area (Å²) in [4.78, 5) is 27.1. The lowest BCUT2D eigenvalue weighted by molar-refractivity contribution is 0.0696. The molecule has 0 radical (unpaired) electrons. The summed E-state index contributed by atoms with van der Waals surface area (Å²) in [5.41, 5.74) is 0.728. The number of aromatic nitrogens is 3. The van der Waals surface area contributed by atoms with Crippen molar-refractivity contribution in [3.05, 3.63) is 34.5 Å². The van der Waals surface area contributed by atoms with Crippen LogP contribution in [-0.2, 0) is 6.42 Å². The van der Waals surface area contributed by atoms with Gasteiger partial charge in [0.05, 0.1) is 11.3 Å². The number of aryl methyl sites for hydroxylation is 1. The highest BCUT2D eigenvalue weighted by Crippen LogP contribution is 2.15. The van der Waals surface area contributed by atoms with Crippen LogP contribution < -0.4 is 5.32 Å². The van der Waals surface area contributed by atoms with E-state index in [1.807, 2.05) is 6.92 Å². The highest BCUT2D eigenvalue weighted by atomic mass is 32.1. The van der Waals surface area contributed by atoms with Crippen LogP contribution in [-0.4, -0.2) is 31.6 Å². The fourth-order valence-corrected chi connectivity index (χ4v) is 2.15. The lowest BCUT2D eigenvalue weighted by Crippen LogP contribution is -2.13. The van der Waals surface area contributed by atoms with E-state index in [-0.39, 0.29) is 17.3 Å². The summed E-state index contributed by atoms with van der Waals surface area (Å²) in [5.74, 6) is -1.11. The molecule has 2 N–H and O–H groups in total. The zero-order valence-corrected chi connectivity index (χ0v) is 11.5. The van der Waals surface area contributed by atoms with Crippen molar-refractivity contribution >= 4 is 29.2 Å². The third-order valence-corrected chi connectivity index (χ3v) is 3.27. The zero-order chi connectivity index (χ0) is 14.5. The first-order chi connectivity index (χ1) is 9.61. The van der Waals surface area contributed by atoms with Gasteiger partial charge in [0.25, 0.3) is 5.91 Å². The van der Waals surface area contributed by atoms with Crippen LogP contribution in [0.15, 0.2) is 18.3 Å². The number of carbonyl (C=O) groups is 2. The Morgan fingerprint density at radius 2 is 2.20 bits per heavy atom. The van der Waals surface area contributed by atoms with Gasteiger partial charge in [0.2, 0.25) is 0 Å². The molecule has 20 heavy (non-hydrogen) atoms. The molecule has 0 aromatic carbocycles. The predicted molar refractivity (Wildman–Crippen MR) is 73.1 cm³/mol. The third kappa shape index (κ3) is 3.15. The van der Waals surface area contributed by atoms with Crippen molar-refractivity contribution in [3.8, 4) is 0 Å². The molecule has 8 heteroatoms. The highest BCUT2D eigenvalue weighted by Gasteiger charge is 2.16. The average Bonchev–Trinajstić information content (AvgIpc) is 2.88. The van der Waals surface area contributed by atoms with E-state index in [4.69, 9.17) is 5.11 Å². The number of amides is 1. The molecule has 0 spiro atoms. The number of aromatic carboxylic acids is 1. The Labute approximate surface area is 118 Å². The molecule has 2 aromatic heterocycles. The van der Waals surface area contributed by atoms with Gasteiger partial charge in [-0.1, -0.05) is 17.8 Å². The molecule has 0 unspecified atom stereocenters. The van der Waals surface area contributed by atoms with Crippen molar-refractivity contribution in [1.82, 2.24) is 14.6 Å². The van der Waals surface area contributed by atoms with Crippen LogP contribution in [0.4, 0.5) is 5.82 Å². The van der Waals surface area contributed by atoms with Gasteiger partial charge in [-0.15, -0.1) is 5.10 Å². The average molecular weight is 292 g/mol. The minimum absolute atomic E-state index is 0.0640. The number of nitrogens with one attached hydrogen (secondary N) is 1. The summed E-state index contributed by atoms with van der Waals surface area (Å²) < 4.78 is 3.77. The molecular formula is C12H12N4O3S. The van der Waals surface area contributed by atoms with Crippen molar-refractivity contribution in [3.63, 3.8) is 0 Å². The number of pyridine rings is 1. The van der Waals surface area contributed by atoms with Crippen molar-refractivity contribution in [2.75, 3.05) is 5.32 Å². The zero-order valence-electron chi connectivity index (χ0n) is 10.7. The largest absolute Gasteiger partial charge is 0.478 e. The molecule has 0 aliphatic carbocycles. The molecular weight excluding hydrogens is 280 g/mol. The monoisotopic (exact) mass is 292 g/mol. The number of hydrogen-bond acceptors (Lipinski definition) is 6. The minimum Gasteiger partial charge on any atom is -0.478 e. The summed E-state index contributed by atoms with van der Waals surface area (Å²) in [6, 6.07) is 2.82. The quantitative estimate of drug-likeness (QED) is 0.871. The third-order valence-electron chi connectivity index (χ3n) is 2.50. The van der Waals surface area contributed by atoms with Gasteiger partial charge in [0, 0.05) is 6.20 Å². The fraction of sp³-hybridized carbons (Fsp3) is 0.250. The Hall–Kier alpha value is -2.35. The van der Waals surface area contributed by atoms with Crippen LogP contribution in [0.3, 0.4) is 0 Å². The second kappa shape index (κ2) is 6.20. The maximum absolute atomic E-state index is 12.1. The van der Waals surface area contributed by atoms with Gasteiger partial charge in [-0.3, -0.25) is 4.79 Å². The number of carboxylic acid groups (broad SMARTS) is 1. The van der Waals surface area contributed by atoms with Crippen LogP contribution in [0.1, 0.15) is 39.1 Å². The van der Waals surface area contributed by atoms with Crippen LogP contribution in [0.2, 0.25) is 0 Å². The highest BCUT2D eigenvalue weighted by molar-refractivity contribution is 7.08. The van der Waals surface area contributed by atoms with Crippen molar-refractivity contribution in [1.29, 1.82) is 0 Å². The molecule has 0 aliphatic heterocycles. The van der Waals surface area contributed by atoms with E-state index in [0.29, 0.717) is 17.0 Å². The second-order valence-corrected chi connectivity index (χ2v) is 4.74. The Kier molecular flexibility index (Phi) is 4.36. The maximum Gasteiger partial charge on any atom is 0.337 e. The van der Waals surface area contributed by atoms with Gasteiger partial charge < -0.3 is 10.4 Å². The molecule has 0 atom stereocenters. The minimum atomic E-state index is -1.06. The molecule has 2 aromatic rings. The van der Waals surface area contributed by atoms with Crippen molar-refractivity contribution in [2.24, 2.45) is 0 Å². The van der Waals surface area contributed by atoms with Gasteiger partial charge >= 0.3 is 5.97 Å². The Morgan fingerprint density at radius 3 is 2.80 bits per heavy atom. The maximum atomic E-state index is 12.1. The van der Waals surface area contributed by atoms with Gasteiger partial charge in [-0.25, -0.2) is 9.78 Å². The summed E-state index contributed by atoms with van der Waals surface area (Å²) in [6.07, 6.45) is 2.75. The van der Waals surface area contributed by atoms with E-state index in [2.05, 4.69) is 19.9 Å². The van der Waals surface area contributed by atoms with Crippen molar-refractivity contribution < 1.29 is 14.7 Å². The normalized spacial score (nSPS) is 10.2. The van der Waals surface area contributed by atoms with E-state index >= 15 is 0 Å². The molecule has 2 heterocycles. The number of rotatable bonds is 5. The van der Waals surface area contributed by atoms with Crippen LogP contribution in [0.5, 0.6) is 0 Å². The first-order valence-electron chi connectivity index (χ1n) is 5.93. The molecule has 0 saturated heterocycles. The van der Waals surface area contributed by atoms with Gasteiger partial charge in [0.15, 0.2) is 0 Å². The van der Waals surface area contributed by atoms with Crippen molar-refractivity contribution in [2.45, 2.75) is 19.8 Å². The van der Waals surface area contributed by atoms with Gasteiger partial charge in [0.1, 0.15) is 10.7 Å². The predicted octanol–water partition coefficient (Wildman–Crippen LogP) is 1.84. The molecule has 0 saturated carbocycles. The number of hydrogen-bond donors (Lipinski definition) is 2. The lowest BCUT2D eigenvalue weighted by Gasteiger charge is -2.03. The van der Waals surface area contributed by atoms with E-state index < -0.39 is 5.97 Å². The second-order valence-electron chi connectivity index (χ2n) is 3.99. The van der Waals surface area contributed by atoms with Gasteiger partial charge in [-0.05, 0) is 30.1 Å². The summed E-state index contributed by atoms with van der Waals surface area (Å²) in [7, 11) is 0. The molecule has 0 fully saturated rings. The van der Waals surface area contributed by atoms with E-state index in [0.717, 1.165) is 18.0 Å². The van der Waals surface area contributed by atoms with E-state index in [1.54, 1.807) is 0 Å². The Bertz CT molecular complexity index is 624. The Morgan fingerprint density at radius 1 is 1.40 bits per heavy atom. The number of carbonyl (C=O) groups excluding carboxylic acids is 1. The lowest BCUT2D eigenvalue weighted by atomic mass is 10.2. The summed E-state index contributed by atoms with van der Waals surface area (Å²) in [5, 5.41) is 15.3. The van der Waals surface area contributed by atoms with Crippen LogP contribution >= 0.6 is 11.5 Å². The standard InChI is InChI=1S/C12H12N4O3S/c1-2-3-8-10(20-16-15-8)11(17)14-9-5-4-7(6-13-9)12(18)19/h4-6H,2-3H2,1H3,(H,18,19)(H,13,14,17). The molecule has 0 aliphatic rings. The molecule has 1 amide bonds. The molecule has 104 valence electrons. The SMILES string of the molecule is CCCc1nnsc1C(=O)Nc1ccc(C(=O)O)cn1. The van der Waals surface area contributed by atoms with Crippen LogP contribution in [0.25, 0.3) is 0 Å². The van der Waals surface area contributed by atoms with Crippen LogP contribution in [0, 0.1) is 0 Å². The number of nitrogens with zero attached hydrogens (tertiary/aromatic N) is 3. The summed E-state index contributed by atoms with van der Waals surface area (Å²) in [6.45, 7) is 1.99. The first kappa shape index (κ1) is 14.1. The molecule has 2 rings (SSSR count). The van der Waals surface area contributed by atoms with E-state index in [9.17, 15) is 9.59 Å². The Balaban J connectivity index is 2.11. The number of carboxylic acids is 1. The summed E-state index contributed by atoms with van der Waals surface area (Å²) >= 11 is 1.03. The molecule has 0 bridgehead atoms. The fourth-order valence-electron chi connectivity index (χ4n) is 1.55. The van der Waals surface area contributed by atoms with Gasteiger partial charge in [-0.2, -0.15) is 0 Å².